The zero-order valence-corrected chi connectivity index (χ0v) is 9.26. The molecule has 5 heteroatoms. The average Bonchev–Trinajstić information content (AvgIpc) is 2.65. The monoisotopic (exact) mass is 215 g/mol. The number of rotatable bonds is 5. The summed E-state index contributed by atoms with van der Waals surface area (Å²) in [5, 5.41) is 20.4. The molecule has 15 heavy (non-hydrogen) atoms. The summed E-state index contributed by atoms with van der Waals surface area (Å²) in [6.07, 6.45) is 2.03. The lowest BCUT2D eigenvalue weighted by Gasteiger charge is -2.19. The molecule has 1 heterocycles. The fourth-order valence-electron chi connectivity index (χ4n) is 2.08. The predicted octanol–water partition coefficient (Wildman–Crippen LogP) is 0.0732. The van der Waals surface area contributed by atoms with E-state index in [1.165, 1.54) is 0 Å². The number of oxime groups is 1. The molecule has 0 amide bonds. The summed E-state index contributed by atoms with van der Waals surface area (Å²) in [7, 11) is 0. The average molecular weight is 215 g/mol. The standard InChI is InChI=1S/C10H21N3O2/c1-8(10(11)12-15)6-13-4-2-9(7-13)3-5-14/h8-9,14-15H,2-7H2,1H3,(H2,11,12). The van der Waals surface area contributed by atoms with Crippen LogP contribution in [0.25, 0.3) is 0 Å². The minimum absolute atomic E-state index is 0.0860. The molecular weight excluding hydrogens is 194 g/mol. The van der Waals surface area contributed by atoms with Crippen molar-refractivity contribution < 1.29 is 10.3 Å². The van der Waals surface area contributed by atoms with E-state index in [-0.39, 0.29) is 12.5 Å². The van der Waals surface area contributed by atoms with Gasteiger partial charge in [-0.15, -0.1) is 0 Å². The van der Waals surface area contributed by atoms with Crippen LogP contribution < -0.4 is 5.73 Å². The van der Waals surface area contributed by atoms with Crippen molar-refractivity contribution in [3.63, 3.8) is 0 Å². The molecule has 2 unspecified atom stereocenters. The summed E-state index contributed by atoms with van der Waals surface area (Å²) in [6, 6.07) is 0. The third-order valence-corrected chi connectivity index (χ3v) is 3.06. The van der Waals surface area contributed by atoms with E-state index in [9.17, 15) is 0 Å². The fraction of sp³-hybridized carbons (Fsp3) is 0.900. The number of aliphatic hydroxyl groups excluding tert-OH is 1. The zero-order valence-electron chi connectivity index (χ0n) is 9.26. The Labute approximate surface area is 90.6 Å². The van der Waals surface area contributed by atoms with Gasteiger partial charge < -0.3 is 20.9 Å². The molecule has 1 fully saturated rings. The molecule has 1 aliphatic heterocycles. The Kier molecular flexibility index (Phi) is 4.84. The molecule has 5 nitrogen and oxygen atoms in total. The quantitative estimate of drug-likeness (QED) is 0.262. The van der Waals surface area contributed by atoms with Gasteiger partial charge in [0.1, 0.15) is 5.84 Å². The van der Waals surface area contributed by atoms with Crippen molar-refractivity contribution in [3.8, 4) is 0 Å². The molecule has 2 atom stereocenters. The van der Waals surface area contributed by atoms with Crippen LogP contribution in [0.1, 0.15) is 19.8 Å². The Balaban J connectivity index is 2.29. The van der Waals surface area contributed by atoms with Crippen LogP contribution in [-0.4, -0.2) is 47.3 Å². The zero-order chi connectivity index (χ0) is 11.3. The summed E-state index contributed by atoms with van der Waals surface area (Å²) >= 11 is 0. The topological polar surface area (TPSA) is 82.1 Å². The maximum absolute atomic E-state index is 8.83. The maximum Gasteiger partial charge on any atom is 0.143 e. The van der Waals surface area contributed by atoms with Crippen molar-refractivity contribution >= 4 is 5.84 Å². The molecule has 0 aromatic rings. The van der Waals surface area contributed by atoms with Crippen molar-refractivity contribution in [1.29, 1.82) is 0 Å². The van der Waals surface area contributed by atoms with Gasteiger partial charge in [0.25, 0.3) is 0 Å². The summed E-state index contributed by atoms with van der Waals surface area (Å²) in [4.78, 5) is 2.31. The van der Waals surface area contributed by atoms with Crippen LogP contribution >= 0.6 is 0 Å². The lowest BCUT2D eigenvalue weighted by molar-refractivity contribution is 0.247. The van der Waals surface area contributed by atoms with Crippen LogP contribution in [0.3, 0.4) is 0 Å². The second kappa shape index (κ2) is 5.92. The second-order valence-corrected chi connectivity index (χ2v) is 4.35. The van der Waals surface area contributed by atoms with Crippen LogP contribution in [0.2, 0.25) is 0 Å². The number of hydrogen-bond acceptors (Lipinski definition) is 4. The normalized spacial score (nSPS) is 25.7. The molecule has 1 rings (SSSR count). The summed E-state index contributed by atoms with van der Waals surface area (Å²) < 4.78 is 0. The first-order valence-corrected chi connectivity index (χ1v) is 5.48. The number of hydrogen-bond donors (Lipinski definition) is 3. The largest absolute Gasteiger partial charge is 0.409 e. The van der Waals surface area contributed by atoms with Gasteiger partial charge in [0, 0.05) is 25.6 Å². The van der Waals surface area contributed by atoms with Crippen molar-refractivity contribution in [2.75, 3.05) is 26.2 Å². The predicted molar refractivity (Wildman–Crippen MR) is 58.8 cm³/mol. The highest BCUT2D eigenvalue weighted by molar-refractivity contribution is 5.82. The van der Waals surface area contributed by atoms with Gasteiger partial charge in [0.2, 0.25) is 0 Å². The number of amidine groups is 1. The van der Waals surface area contributed by atoms with Crippen molar-refractivity contribution in [2.45, 2.75) is 19.8 Å². The molecule has 4 N–H and O–H groups in total. The van der Waals surface area contributed by atoms with Gasteiger partial charge in [-0.25, -0.2) is 0 Å². The van der Waals surface area contributed by atoms with Crippen molar-refractivity contribution in [2.24, 2.45) is 22.7 Å². The van der Waals surface area contributed by atoms with Crippen LogP contribution in [0.5, 0.6) is 0 Å². The minimum Gasteiger partial charge on any atom is -0.409 e. The van der Waals surface area contributed by atoms with Crippen LogP contribution in [0, 0.1) is 11.8 Å². The maximum atomic E-state index is 8.83. The van der Waals surface area contributed by atoms with E-state index in [4.69, 9.17) is 16.0 Å². The highest BCUT2D eigenvalue weighted by Gasteiger charge is 2.23. The van der Waals surface area contributed by atoms with E-state index in [0.29, 0.717) is 11.8 Å². The van der Waals surface area contributed by atoms with Gasteiger partial charge in [0.05, 0.1) is 0 Å². The van der Waals surface area contributed by atoms with Gasteiger partial charge in [0.15, 0.2) is 0 Å². The highest BCUT2D eigenvalue weighted by atomic mass is 16.4. The Morgan fingerprint density at radius 2 is 2.40 bits per heavy atom. The van der Waals surface area contributed by atoms with Crippen LogP contribution in [-0.2, 0) is 0 Å². The van der Waals surface area contributed by atoms with E-state index in [2.05, 4.69) is 10.1 Å². The Morgan fingerprint density at radius 3 is 3.00 bits per heavy atom. The Hall–Kier alpha value is -0.810. The number of aliphatic hydroxyl groups is 1. The van der Waals surface area contributed by atoms with Crippen molar-refractivity contribution in [1.82, 2.24) is 4.90 Å². The van der Waals surface area contributed by atoms with Crippen LogP contribution in [0.15, 0.2) is 5.16 Å². The summed E-state index contributed by atoms with van der Waals surface area (Å²) in [6.45, 7) is 5.12. The SMILES string of the molecule is CC(CN1CCC(CCO)C1)C(N)=NO. The fourth-order valence-corrected chi connectivity index (χ4v) is 2.08. The van der Waals surface area contributed by atoms with Gasteiger partial charge in [-0.2, -0.15) is 0 Å². The first-order chi connectivity index (χ1) is 7.17. The van der Waals surface area contributed by atoms with E-state index in [1.54, 1.807) is 0 Å². The van der Waals surface area contributed by atoms with Gasteiger partial charge in [-0.05, 0) is 25.3 Å². The van der Waals surface area contributed by atoms with Gasteiger partial charge in [-0.3, -0.25) is 0 Å². The Bertz CT molecular complexity index is 221. The molecule has 1 aliphatic rings. The second-order valence-electron chi connectivity index (χ2n) is 4.35. The number of nitrogens with two attached hydrogens (primary N) is 1. The third-order valence-electron chi connectivity index (χ3n) is 3.06. The summed E-state index contributed by atoms with van der Waals surface area (Å²) in [5.41, 5.74) is 5.52. The van der Waals surface area contributed by atoms with E-state index >= 15 is 0 Å². The molecule has 0 aliphatic carbocycles. The lowest BCUT2D eigenvalue weighted by Crippen LogP contribution is -2.33. The van der Waals surface area contributed by atoms with Crippen molar-refractivity contribution in [3.05, 3.63) is 0 Å². The van der Waals surface area contributed by atoms with E-state index in [1.807, 2.05) is 6.92 Å². The Morgan fingerprint density at radius 1 is 1.67 bits per heavy atom. The lowest BCUT2D eigenvalue weighted by atomic mass is 10.1. The molecule has 0 bridgehead atoms. The minimum atomic E-state index is 0.0860. The molecule has 0 aromatic heterocycles. The van der Waals surface area contributed by atoms with E-state index < -0.39 is 0 Å². The molecular formula is C10H21N3O2. The molecule has 0 spiro atoms. The van der Waals surface area contributed by atoms with Gasteiger partial charge in [-0.1, -0.05) is 12.1 Å². The summed E-state index contributed by atoms with van der Waals surface area (Å²) in [5.74, 6) is 0.984. The van der Waals surface area contributed by atoms with E-state index in [0.717, 1.165) is 32.5 Å². The first kappa shape index (κ1) is 12.3. The smallest absolute Gasteiger partial charge is 0.143 e. The van der Waals surface area contributed by atoms with Crippen LogP contribution in [0.4, 0.5) is 0 Å². The molecule has 88 valence electrons. The molecule has 0 aromatic carbocycles. The molecule has 1 saturated heterocycles. The highest BCUT2D eigenvalue weighted by Crippen LogP contribution is 2.19. The number of likely N-dealkylation sites (tertiary alicyclic amines) is 1. The van der Waals surface area contributed by atoms with Gasteiger partial charge >= 0.3 is 0 Å². The number of nitrogens with zero attached hydrogens (tertiary/aromatic N) is 2. The molecule has 0 radical (unpaired) electrons. The molecule has 0 saturated carbocycles. The first-order valence-electron chi connectivity index (χ1n) is 5.48. The third kappa shape index (κ3) is 3.68.